The highest BCUT2D eigenvalue weighted by molar-refractivity contribution is 14.1. The Hall–Kier alpha value is -2.13. The second-order valence-electron chi connectivity index (χ2n) is 8.91. The molecule has 0 fully saturated rings. The van der Waals surface area contributed by atoms with Crippen LogP contribution in [-0.2, 0) is 5.41 Å². The van der Waals surface area contributed by atoms with E-state index in [2.05, 4.69) is 114 Å². The van der Waals surface area contributed by atoms with E-state index in [-0.39, 0.29) is 5.41 Å². The lowest BCUT2D eigenvalue weighted by Crippen LogP contribution is -2.30. The fourth-order valence-corrected chi connectivity index (χ4v) is 6.02. The summed E-state index contributed by atoms with van der Waals surface area (Å²) in [6.07, 6.45) is 9.15. The molecule has 3 heteroatoms. The zero-order valence-corrected chi connectivity index (χ0v) is 22.8. The monoisotopic (exact) mass is 563 g/mol. The molecular weight excluding hydrogens is 533 g/mol. The number of aryl methyl sites for hydroxylation is 2. The molecule has 0 aromatic heterocycles. The van der Waals surface area contributed by atoms with Crippen LogP contribution in [0, 0.1) is 54.1 Å². The molecule has 3 atom stereocenters. The van der Waals surface area contributed by atoms with Gasteiger partial charge in [-0.1, -0.05) is 84.9 Å². The molecule has 33 heavy (non-hydrogen) atoms. The Morgan fingerprint density at radius 1 is 1.09 bits per heavy atom. The highest BCUT2D eigenvalue weighted by Gasteiger charge is 2.33. The predicted molar refractivity (Wildman–Crippen MR) is 150 cm³/mol. The molecule has 0 amide bonds. The second-order valence-corrected chi connectivity index (χ2v) is 11.3. The summed E-state index contributed by atoms with van der Waals surface area (Å²) in [6, 6.07) is 12.8. The van der Waals surface area contributed by atoms with Gasteiger partial charge < -0.3 is 0 Å². The van der Waals surface area contributed by atoms with E-state index in [4.69, 9.17) is 5.26 Å². The lowest BCUT2D eigenvalue weighted by Gasteiger charge is -2.35. The molecule has 0 spiro atoms. The van der Waals surface area contributed by atoms with Gasteiger partial charge in [0.1, 0.15) is 5.40 Å². The molecule has 2 unspecified atom stereocenters. The first-order valence-corrected chi connectivity index (χ1v) is 13.5. The van der Waals surface area contributed by atoms with Gasteiger partial charge in [0, 0.05) is 31.8 Å². The van der Waals surface area contributed by atoms with Gasteiger partial charge in [-0.2, -0.15) is 5.26 Å². The summed E-state index contributed by atoms with van der Waals surface area (Å²) in [5, 5.41) is 11.1. The van der Waals surface area contributed by atoms with Gasteiger partial charge in [0.15, 0.2) is 0 Å². The van der Waals surface area contributed by atoms with E-state index < -0.39 is 0 Å². The van der Waals surface area contributed by atoms with E-state index >= 15 is 0 Å². The van der Waals surface area contributed by atoms with Crippen molar-refractivity contribution in [3.63, 3.8) is 0 Å². The van der Waals surface area contributed by atoms with E-state index in [9.17, 15) is 0 Å². The van der Waals surface area contributed by atoms with Crippen molar-refractivity contribution in [1.82, 2.24) is 0 Å². The van der Waals surface area contributed by atoms with Crippen LogP contribution in [0.5, 0.6) is 0 Å². The highest BCUT2D eigenvalue weighted by atomic mass is 127. The van der Waals surface area contributed by atoms with Crippen molar-refractivity contribution >= 4 is 34.4 Å². The molecule has 2 aromatic carbocycles. The summed E-state index contributed by atoms with van der Waals surface area (Å²) >= 11 is 3.79. The molecule has 1 nitrogen and oxygen atoms in total. The molecule has 0 saturated carbocycles. The number of rotatable bonds is 4. The Morgan fingerprint density at radius 3 is 2.36 bits per heavy atom. The summed E-state index contributed by atoms with van der Waals surface area (Å²) in [5.74, 6) is 13.8. The van der Waals surface area contributed by atoms with Crippen LogP contribution >= 0.6 is 34.4 Å². The summed E-state index contributed by atoms with van der Waals surface area (Å²) in [6.45, 7) is 8.60. The average molecular weight is 564 g/mol. The molecule has 0 bridgehead atoms. The van der Waals surface area contributed by atoms with Gasteiger partial charge in [0.05, 0.1) is 5.92 Å². The van der Waals surface area contributed by atoms with Gasteiger partial charge >= 0.3 is 0 Å². The van der Waals surface area contributed by atoms with Gasteiger partial charge in [-0.05, 0) is 79.4 Å². The Labute approximate surface area is 217 Å². The van der Waals surface area contributed by atoms with Gasteiger partial charge in [-0.15, -0.1) is 5.92 Å². The van der Waals surface area contributed by atoms with E-state index in [0.717, 1.165) is 40.0 Å². The zero-order valence-electron chi connectivity index (χ0n) is 19.8. The van der Waals surface area contributed by atoms with Crippen molar-refractivity contribution in [3.05, 3.63) is 76.4 Å². The van der Waals surface area contributed by atoms with Crippen LogP contribution in [0.2, 0.25) is 0 Å². The van der Waals surface area contributed by atoms with Crippen molar-refractivity contribution < 1.29 is 0 Å². The lowest BCUT2D eigenvalue weighted by molar-refractivity contribution is 0.487. The Kier molecular flexibility index (Phi) is 9.14. The molecule has 0 N–H and O–H groups in total. The smallest absolute Gasteiger partial charge is 0.138 e. The summed E-state index contributed by atoms with van der Waals surface area (Å²) < 4.78 is 0.514. The van der Waals surface area contributed by atoms with Gasteiger partial charge in [-0.3, -0.25) is 0 Å². The number of thiocyanates is 1. The van der Waals surface area contributed by atoms with E-state index in [1.807, 2.05) is 13.8 Å². The van der Waals surface area contributed by atoms with Crippen molar-refractivity contribution in [2.45, 2.75) is 67.6 Å². The first-order chi connectivity index (χ1) is 15.9. The SMILES string of the molecule is CCCCC#CC1C=C[C@](C)(c2ccc(C#Cc3cc(C)c(SC#N)c(C)c3)cc2)CC1I. The number of nitriles is 1. The average Bonchev–Trinajstić information content (AvgIpc) is 2.79. The molecule has 1 aliphatic carbocycles. The van der Waals surface area contributed by atoms with Crippen molar-refractivity contribution in [2.24, 2.45) is 5.92 Å². The lowest BCUT2D eigenvalue weighted by atomic mass is 9.72. The van der Waals surface area contributed by atoms with E-state index in [0.29, 0.717) is 9.84 Å². The standard InChI is InChI=1S/C30H30INS/c1-5-6-7-8-9-26-16-17-30(4,20-28(26)31)27-14-12-24(13-15-27)10-11-25-18-22(2)29(33-21-32)23(3)19-25/h12-19,26,28H,5-7,20H2,1-4H3/t26?,28?,30-/m0/s1. The largest absolute Gasteiger partial charge is 0.185 e. The Bertz CT molecular complexity index is 1160. The minimum atomic E-state index is 0.0296. The molecule has 3 rings (SSSR count). The third-order valence-electron chi connectivity index (χ3n) is 6.11. The number of thioether (sulfide) groups is 1. The number of hydrogen-bond donors (Lipinski definition) is 0. The molecule has 1 aliphatic rings. The van der Waals surface area contributed by atoms with Crippen LogP contribution in [0.15, 0.2) is 53.4 Å². The maximum Gasteiger partial charge on any atom is 0.138 e. The number of unbranched alkanes of at least 4 members (excludes halogenated alkanes) is 2. The minimum Gasteiger partial charge on any atom is -0.185 e. The third kappa shape index (κ3) is 6.69. The van der Waals surface area contributed by atoms with Crippen molar-refractivity contribution in [2.75, 3.05) is 0 Å². The number of nitrogens with zero attached hydrogens (tertiary/aromatic N) is 1. The number of benzene rings is 2. The van der Waals surface area contributed by atoms with Crippen LogP contribution in [-0.4, -0.2) is 3.92 Å². The van der Waals surface area contributed by atoms with Gasteiger partial charge in [0.25, 0.3) is 0 Å². The molecular formula is C30H30INS. The van der Waals surface area contributed by atoms with Crippen LogP contribution in [0.1, 0.15) is 67.3 Å². The molecule has 168 valence electrons. The van der Waals surface area contributed by atoms with E-state index in [1.54, 1.807) is 0 Å². The van der Waals surface area contributed by atoms with E-state index in [1.165, 1.54) is 30.2 Å². The molecule has 0 heterocycles. The molecule has 0 radical (unpaired) electrons. The molecule has 0 saturated heterocycles. The predicted octanol–water partition coefficient (Wildman–Crippen LogP) is 8.11. The second kappa shape index (κ2) is 11.8. The number of allylic oxidation sites excluding steroid dienone is 2. The number of halogens is 1. The van der Waals surface area contributed by atoms with Crippen LogP contribution in [0.4, 0.5) is 0 Å². The maximum absolute atomic E-state index is 8.98. The Balaban J connectivity index is 1.74. The maximum atomic E-state index is 8.98. The topological polar surface area (TPSA) is 23.8 Å². The summed E-state index contributed by atoms with van der Waals surface area (Å²) in [4.78, 5) is 1.03. The van der Waals surface area contributed by atoms with Crippen LogP contribution in [0.25, 0.3) is 0 Å². The minimum absolute atomic E-state index is 0.0296. The fourth-order valence-electron chi connectivity index (χ4n) is 4.15. The first-order valence-electron chi connectivity index (χ1n) is 11.5. The van der Waals surface area contributed by atoms with Crippen molar-refractivity contribution in [3.8, 4) is 29.1 Å². The third-order valence-corrected chi connectivity index (χ3v) is 8.26. The number of alkyl halides is 1. The molecule has 0 aliphatic heterocycles. The Morgan fingerprint density at radius 2 is 1.76 bits per heavy atom. The zero-order chi connectivity index (χ0) is 23.8. The van der Waals surface area contributed by atoms with Gasteiger partial charge in [-0.25, -0.2) is 0 Å². The van der Waals surface area contributed by atoms with Crippen LogP contribution < -0.4 is 0 Å². The summed E-state index contributed by atoms with van der Waals surface area (Å²) in [5.41, 5.74) is 5.55. The van der Waals surface area contributed by atoms with Crippen molar-refractivity contribution in [1.29, 1.82) is 5.26 Å². The van der Waals surface area contributed by atoms with Gasteiger partial charge in [0.2, 0.25) is 0 Å². The normalized spacial score (nSPS) is 21.3. The number of hydrogen-bond acceptors (Lipinski definition) is 2. The fraction of sp³-hybridized carbons (Fsp3) is 0.367. The van der Waals surface area contributed by atoms with Crippen LogP contribution in [0.3, 0.4) is 0 Å². The quantitative estimate of drug-likeness (QED) is 0.0714. The summed E-state index contributed by atoms with van der Waals surface area (Å²) in [7, 11) is 0. The first kappa shape index (κ1) is 25.5. The highest BCUT2D eigenvalue weighted by Crippen LogP contribution is 2.39. The molecule has 2 aromatic rings.